The minimum Gasteiger partial charge on any atom is -0.380 e. The van der Waals surface area contributed by atoms with Crippen LogP contribution in [0.1, 0.15) is 44.9 Å². The number of hydrogen-bond acceptors (Lipinski definition) is 3. The third kappa shape index (κ3) is 10.9. The van der Waals surface area contributed by atoms with Gasteiger partial charge in [0.1, 0.15) is 0 Å². The molecule has 0 spiro atoms. The number of aliphatic imine (C=N–C) groups is 1. The molecule has 140 valence electrons. The third-order valence-corrected chi connectivity index (χ3v) is 3.53. The standard InChI is InChI=1S/C17H33N5O.HI/c1-5-18-17(20-10-12-23-11-8-14(2)3)19-9-6-7-16-13-21-22-15(16)4;/h13-14H,5-12H2,1-4H3,(H,21,22)(H2,18,19,20);1H. The quantitative estimate of drug-likeness (QED) is 0.209. The lowest BCUT2D eigenvalue weighted by atomic mass is 10.1. The summed E-state index contributed by atoms with van der Waals surface area (Å²) in [5, 5.41) is 13.6. The van der Waals surface area contributed by atoms with Crippen LogP contribution in [0.25, 0.3) is 0 Å². The molecule has 0 atom stereocenters. The van der Waals surface area contributed by atoms with Crippen molar-refractivity contribution in [2.75, 3.05) is 32.8 Å². The Kier molecular flexibility index (Phi) is 14.0. The minimum atomic E-state index is 0. The number of guanidine groups is 1. The molecule has 0 aliphatic heterocycles. The Morgan fingerprint density at radius 2 is 2.12 bits per heavy atom. The first kappa shape index (κ1) is 23.2. The van der Waals surface area contributed by atoms with E-state index in [9.17, 15) is 0 Å². The van der Waals surface area contributed by atoms with E-state index in [-0.39, 0.29) is 24.0 Å². The second-order valence-electron chi connectivity index (χ2n) is 6.11. The van der Waals surface area contributed by atoms with E-state index in [1.54, 1.807) is 0 Å². The molecule has 0 fully saturated rings. The summed E-state index contributed by atoms with van der Waals surface area (Å²) in [5.41, 5.74) is 2.43. The molecule has 0 aliphatic rings. The van der Waals surface area contributed by atoms with Gasteiger partial charge in [0.25, 0.3) is 0 Å². The zero-order valence-corrected chi connectivity index (χ0v) is 17.9. The Labute approximate surface area is 163 Å². The summed E-state index contributed by atoms with van der Waals surface area (Å²) in [6.07, 6.45) is 5.03. The molecule has 7 heteroatoms. The van der Waals surface area contributed by atoms with Crippen molar-refractivity contribution in [3.8, 4) is 0 Å². The van der Waals surface area contributed by atoms with Crippen LogP contribution in [0.2, 0.25) is 0 Å². The summed E-state index contributed by atoms with van der Waals surface area (Å²) in [6.45, 7) is 12.5. The Bertz CT molecular complexity index is 448. The molecule has 3 N–H and O–H groups in total. The van der Waals surface area contributed by atoms with Crippen molar-refractivity contribution in [1.82, 2.24) is 20.8 Å². The van der Waals surface area contributed by atoms with E-state index < -0.39 is 0 Å². The van der Waals surface area contributed by atoms with Crippen molar-refractivity contribution in [2.45, 2.75) is 47.0 Å². The average Bonchev–Trinajstić information content (AvgIpc) is 2.92. The highest BCUT2D eigenvalue weighted by Gasteiger charge is 2.01. The Morgan fingerprint density at radius 1 is 1.33 bits per heavy atom. The average molecular weight is 451 g/mol. The highest BCUT2D eigenvalue weighted by atomic mass is 127. The molecular formula is C17H34IN5O. The van der Waals surface area contributed by atoms with Gasteiger partial charge in [0.05, 0.1) is 12.8 Å². The SMILES string of the molecule is CCNC(=NCCCc1cn[nH]c1C)NCCOCCC(C)C.I. The number of ether oxygens (including phenoxy) is 1. The highest BCUT2D eigenvalue weighted by molar-refractivity contribution is 14.0. The molecule has 0 bridgehead atoms. The van der Waals surface area contributed by atoms with E-state index >= 15 is 0 Å². The minimum absolute atomic E-state index is 0. The van der Waals surface area contributed by atoms with Crippen LogP contribution in [0.5, 0.6) is 0 Å². The van der Waals surface area contributed by atoms with Gasteiger partial charge in [0.15, 0.2) is 5.96 Å². The van der Waals surface area contributed by atoms with Gasteiger partial charge in [-0.25, -0.2) is 0 Å². The molecule has 6 nitrogen and oxygen atoms in total. The van der Waals surface area contributed by atoms with Crippen molar-refractivity contribution >= 4 is 29.9 Å². The molecule has 1 aromatic rings. The lowest BCUT2D eigenvalue weighted by Gasteiger charge is -2.12. The molecule has 0 saturated carbocycles. The first-order valence-electron chi connectivity index (χ1n) is 8.72. The van der Waals surface area contributed by atoms with Gasteiger partial charge in [0.2, 0.25) is 0 Å². The van der Waals surface area contributed by atoms with Gasteiger partial charge in [-0.2, -0.15) is 5.10 Å². The molecule has 0 aliphatic carbocycles. The second-order valence-corrected chi connectivity index (χ2v) is 6.11. The Morgan fingerprint density at radius 3 is 2.75 bits per heavy atom. The zero-order chi connectivity index (χ0) is 16.9. The maximum absolute atomic E-state index is 5.61. The number of rotatable bonds is 11. The van der Waals surface area contributed by atoms with Crippen LogP contribution in [0, 0.1) is 12.8 Å². The fraction of sp³-hybridized carbons (Fsp3) is 0.765. The summed E-state index contributed by atoms with van der Waals surface area (Å²) >= 11 is 0. The number of nitrogens with one attached hydrogen (secondary N) is 3. The Hall–Kier alpha value is -0.830. The van der Waals surface area contributed by atoms with Gasteiger partial charge in [-0.15, -0.1) is 24.0 Å². The normalized spacial score (nSPS) is 11.5. The van der Waals surface area contributed by atoms with Gasteiger partial charge in [-0.3, -0.25) is 10.1 Å². The number of aryl methyl sites for hydroxylation is 2. The van der Waals surface area contributed by atoms with Crippen LogP contribution in [0.15, 0.2) is 11.2 Å². The van der Waals surface area contributed by atoms with Gasteiger partial charge in [-0.1, -0.05) is 13.8 Å². The maximum atomic E-state index is 5.61. The van der Waals surface area contributed by atoms with Crippen LogP contribution in [0.4, 0.5) is 0 Å². The Balaban J connectivity index is 0.00000529. The largest absolute Gasteiger partial charge is 0.380 e. The smallest absolute Gasteiger partial charge is 0.191 e. The summed E-state index contributed by atoms with van der Waals surface area (Å²) < 4.78 is 5.61. The first-order valence-corrected chi connectivity index (χ1v) is 8.72. The van der Waals surface area contributed by atoms with Crippen LogP contribution in [-0.2, 0) is 11.2 Å². The van der Waals surface area contributed by atoms with Crippen LogP contribution >= 0.6 is 24.0 Å². The molecule has 0 radical (unpaired) electrons. The van der Waals surface area contributed by atoms with E-state index in [0.717, 1.165) is 57.2 Å². The second kappa shape index (κ2) is 14.5. The molecule has 0 unspecified atom stereocenters. The molecule has 0 amide bonds. The van der Waals surface area contributed by atoms with Crippen molar-refractivity contribution in [2.24, 2.45) is 10.9 Å². The van der Waals surface area contributed by atoms with Crippen molar-refractivity contribution in [3.05, 3.63) is 17.5 Å². The van der Waals surface area contributed by atoms with Gasteiger partial charge >= 0.3 is 0 Å². The molecule has 1 aromatic heterocycles. The highest BCUT2D eigenvalue weighted by Crippen LogP contribution is 2.05. The number of halogens is 1. The fourth-order valence-corrected chi connectivity index (χ4v) is 2.09. The van der Waals surface area contributed by atoms with Crippen LogP contribution in [-0.4, -0.2) is 49.0 Å². The molecule has 0 saturated heterocycles. The van der Waals surface area contributed by atoms with Crippen molar-refractivity contribution < 1.29 is 4.74 Å². The zero-order valence-electron chi connectivity index (χ0n) is 15.5. The molecule has 0 aromatic carbocycles. The molecule has 1 heterocycles. The van der Waals surface area contributed by atoms with E-state index in [4.69, 9.17) is 4.74 Å². The van der Waals surface area contributed by atoms with E-state index in [0.29, 0.717) is 12.5 Å². The van der Waals surface area contributed by atoms with Gasteiger partial charge < -0.3 is 15.4 Å². The monoisotopic (exact) mass is 451 g/mol. The number of nitrogens with zero attached hydrogens (tertiary/aromatic N) is 2. The fourth-order valence-electron chi connectivity index (χ4n) is 2.09. The van der Waals surface area contributed by atoms with Crippen molar-refractivity contribution in [3.63, 3.8) is 0 Å². The summed E-state index contributed by atoms with van der Waals surface area (Å²) in [4.78, 5) is 4.60. The van der Waals surface area contributed by atoms with E-state index in [1.165, 1.54) is 5.56 Å². The summed E-state index contributed by atoms with van der Waals surface area (Å²) in [6, 6.07) is 0. The lowest BCUT2D eigenvalue weighted by molar-refractivity contribution is 0.128. The van der Waals surface area contributed by atoms with Crippen LogP contribution < -0.4 is 10.6 Å². The summed E-state index contributed by atoms with van der Waals surface area (Å²) in [7, 11) is 0. The number of aromatic nitrogens is 2. The van der Waals surface area contributed by atoms with Gasteiger partial charge in [-0.05, 0) is 44.6 Å². The molecular weight excluding hydrogens is 417 g/mol. The lowest BCUT2D eigenvalue weighted by Crippen LogP contribution is -2.39. The van der Waals surface area contributed by atoms with E-state index in [1.807, 2.05) is 6.20 Å². The van der Waals surface area contributed by atoms with Crippen LogP contribution in [0.3, 0.4) is 0 Å². The van der Waals surface area contributed by atoms with Crippen molar-refractivity contribution in [1.29, 1.82) is 0 Å². The third-order valence-electron chi connectivity index (χ3n) is 3.53. The predicted molar refractivity (Wildman–Crippen MR) is 111 cm³/mol. The number of aromatic amines is 1. The first-order chi connectivity index (χ1) is 11.1. The van der Waals surface area contributed by atoms with E-state index in [2.05, 4.69) is 53.5 Å². The predicted octanol–water partition coefficient (Wildman–Crippen LogP) is 2.89. The molecule has 24 heavy (non-hydrogen) atoms. The number of H-pyrrole nitrogens is 1. The number of hydrogen-bond donors (Lipinski definition) is 3. The maximum Gasteiger partial charge on any atom is 0.191 e. The summed E-state index contributed by atoms with van der Waals surface area (Å²) in [5.74, 6) is 1.56. The van der Waals surface area contributed by atoms with Gasteiger partial charge in [0, 0.05) is 31.9 Å². The topological polar surface area (TPSA) is 74.3 Å². The molecule has 1 rings (SSSR count).